The highest BCUT2D eigenvalue weighted by molar-refractivity contribution is 5.86. The molecular weight excluding hydrogens is 296 g/mol. The predicted molar refractivity (Wildman–Crippen MR) is 86.2 cm³/mol. The Kier molecular flexibility index (Phi) is 3.65. The zero-order chi connectivity index (χ0) is 16.6. The lowest BCUT2D eigenvalue weighted by Gasteiger charge is -2.26. The van der Waals surface area contributed by atoms with Gasteiger partial charge in [-0.05, 0) is 12.5 Å². The van der Waals surface area contributed by atoms with E-state index in [0.717, 1.165) is 22.4 Å². The van der Waals surface area contributed by atoms with Crippen LogP contribution in [0.3, 0.4) is 0 Å². The number of nitro benzene ring substituents is 1. The summed E-state index contributed by atoms with van der Waals surface area (Å²) in [5, 5.41) is 16.0. The van der Waals surface area contributed by atoms with Crippen molar-refractivity contribution in [3.05, 3.63) is 52.5 Å². The largest absolute Gasteiger partial charge is 0.352 e. The van der Waals surface area contributed by atoms with Crippen LogP contribution in [0.1, 0.15) is 18.5 Å². The van der Waals surface area contributed by atoms with Crippen molar-refractivity contribution >= 4 is 22.5 Å². The van der Waals surface area contributed by atoms with Gasteiger partial charge in [-0.2, -0.15) is 5.10 Å². The lowest BCUT2D eigenvalue weighted by molar-refractivity contribution is -0.384. The molecule has 0 amide bonds. The molecule has 1 unspecified atom stereocenters. The minimum Gasteiger partial charge on any atom is -0.352 e. The molecule has 0 radical (unpaired) electrons. The van der Waals surface area contributed by atoms with Gasteiger partial charge in [-0.15, -0.1) is 0 Å². The van der Waals surface area contributed by atoms with Crippen LogP contribution in [0.5, 0.6) is 0 Å². The Labute approximate surface area is 132 Å². The van der Waals surface area contributed by atoms with E-state index in [-0.39, 0.29) is 16.7 Å². The van der Waals surface area contributed by atoms with Crippen molar-refractivity contribution in [3.8, 4) is 0 Å². The number of hydrogen-bond acceptors (Lipinski definition) is 6. The first-order chi connectivity index (χ1) is 11.0. The van der Waals surface area contributed by atoms with E-state index in [1.165, 1.54) is 12.4 Å². The molecule has 1 atom stereocenters. The van der Waals surface area contributed by atoms with Crippen molar-refractivity contribution in [2.24, 2.45) is 7.05 Å². The van der Waals surface area contributed by atoms with Gasteiger partial charge in [0.25, 0.3) is 5.69 Å². The summed E-state index contributed by atoms with van der Waals surface area (Å²) < 4.78 is 1.69. The molecule has 8 nitrogen and oxygen atoms in total. The number of non-ortho nitro benzene ring substituents is 1. The van der Waals surface area contributed by atoms with Crippen molar-refractivity contribution in [1.82, 2.24) is 19.7 Å². The molecule has 2 heterocycles. The Morgan fingerprint density at radius 3 is 2.87 bits per heavy atom. The van der Waals surface area contributed by atoms with Crippen LogP contribution in [0, 0.1) is 10.1 Å². The van der Waals surface area contributed by atoms with Crippen LogP contribution < -0.4 is 4.90 Å². The van der Waals surface area contributed by atoms with E-state index >= 15 is 0 Å². The van der Waals surface area contributed by atoms with Crippen molar-refractivity contribution < 1.29 is 4.92 Å². The van der Waals surface area contributed by atoms with E-state index in [0.29, 0.717) is 0 Å². The van der Waals surface area contributed by atoms with Gasteiger partial charge in [-0.1, -0.05) is 12.1 Å². The lowest BCUT2D eigenvalue weighted by Crippen LogP contribution is -2.23. The van der Waals surface area contributed by atoms with Gasteiger partial charge >= 0.3 is 0 Å². The number of rotatable bonds is 4. The van der Waals surface area contributed by atoms with Crippen LogP contribution in [0.4, 0.5) is 11.5 Å². The first kappa shape index (κ1) is 14.9. The van der Waals surface area contributed by atoms with Crippen molar-refractivity contribution in [3.63, 3.8) is 0 Å². The maximum absolute atomic E-state index is 11.0. The Morgan fingerprint density at radius 1 is 1.35 bits per heavy atom. The predicted octanol–water partition coefficient (Wildman–Crippen LogP) is 2.47. The molecule has 118 valence electrons. The first-order valence-electron chi connectivity index (χ1n) is 7.09. The van der Waals surface area contributed by atoms with E-state index in [2.05, 4.69) is 15.1 Å². The molecule has 0 saturated heterocycles. The summed E-state index contributed by atoms with van der Waals surface area (Å²) in [7, 11) is 3.72. The third kappa shape index (κ3) is 2.59. The summed E-state index contributed by atoms with van der Waals surface area (Å²) in [6, 6.07) is 6.55. The molecular formula is C15H16N6O2. The summed E-state index contributed by atoms with van der Waals surface area (Å²) in [4.78, 5) is 21.1. The van der Waals surface area contributed by atoms with Gasteiger partial charge in [0.2, 0.25) is 0 Å². The number of fused-ring (bicyclic) bond motifs is 1. The number of hydrogen-bond donors (Lipinski definition) is 0. The van der Waals surface area contributed by atoms with Gasteiger partial charge in [0.05, 0.1) is 22.5 Å². The van der Waals surface area contributed by atoms with Crippen molar-refractivity contribution in [1.29, 1.82) is 0 Å². The average Bonchev–Trinajstić information content (AvgIpc) is 2.95. The fraction of sp³-hybridized carbons (Fsp3) is 0.267. The quantitative estimate of drug-likeness (QED) is 0.543. The molecule has 0 aliphatic carbocycles. The van der Waals surface area contributed by atoms with Gasteiger partial charge in [-0.3, -0.25) is 14.8 Å². The second-order valence-corrected chi connectivity index (χ2v) is 5.34. The maximum Gasteiger partial charge on any atom is 0.269 e. The van der Waals surface area contributed by atoms with E-state index in [9.17, 15) is 10.1 Å². The van der Waals surface area contributed by atoms with E-state index in [1.54, 1.807) is 23.0 Å². The zero-order valence-electron chi connectivity index (χ0n) is 13.0. The first-order valence-corrected chi connectivity index (χ1v) is 7.09. The van der Waals surface area contributed by atoms with E-state index in [1.807, 2.05) is 32.0 Å². The molecule has 0 aliphatic heterocycles. The molecule has 0 aliphatic rings. The average molecular weight is 312 g/mol. The molecule has 0 bridgehead atoms. The summed E-state index contributed by atoms with van der Waals surface area (Å²) in [6.45, 7) is 1.98. The summed E-state index contributed by atoms with van der Waals surface area (Å²) in [6.07, 6.45) is 3.22. The lowest BCUT2D eigenvalue weighted by atomic mass is 10.1. The molecule has 3 rings (SSSR count). The van der Waals surface area contributed by atoms with Crippen LogP contribution in [0.15, 0.2) is 36.8 Å². The SMILES string of the molecule is CC(c1cccc([N+](=O)[O-])c1)N(C)c1ncnc2c1cnn2C. The summed E-state index contributed by atoms with van der Waals surface area (Å²) in [5.41, 5.74) is 1.67. The van der Waals surface area contributed by atoms with E-state index < -0.39 is 0 Å². The topological polar surface area (TPSA) is 90.0 Å². The molecule has 3 aromatic rings. The molecule has 8 heteroatoms. The third-order valence-corrected chi connectivity index (χ3v) is 3.99. The third-order valence-electron chi connectivity index (χ3n) is 3.99. The zero-order valence-corrected chi connectivity index (χ0v) is 13.0. The fourth-order valence-electron chi connectivity index (χ4n) is 2.54. The second kappa shape index (κ2) is 5.64. The number of benzene rings is 1. The normalized spacial score (nSPS) is 12.3. The fourth-order valence-corrected chi connectivity index (χ4v) is 2.54. The van der Waals surface area contributed by atoms with Gasteiger partial charge in [-0.25, -0.2) is 9.97 Å². The number of aromatic nitrogens is 4. The molecule has 23 heavy (non-hydrogen) atoms. The minimum atomic E-state index is -0.389. The summed E-state index contributed by atoms with van der Waals surface area (Å²) in [5.74, 6) is 0.738. The minimum absolute atomic E-state index is 0.0805. The Hall–Kier alpha value is -3.03. The van der Waals surface area contributed by atoms with Crippen LogP contribution in [0.2, 0.25) is 0 Å². The Morgan fingerprint density at radius 2 is 2.13 bits per heavy atom. The van der Waals surface area contributed by atoms with Crippen LogP contribution in [-0.4, -0.2) is 31.7 Å². The number of aryl methyl sites for hydroxylation is 1. The highest BCUT2D eigenvalue weighted by Crippen LogP contribution is 2.29. The molecule has 0 saturated carbocycles. The van der Waals surface area contributed by atoms with Gasteiger partial charge in [0.1, 0.15) is 12.1 Å². The summed E-state index contributed by atoms with van der Waals surface area (Å²) >= 11 is 0. The molecule has 0 spiro atoms. The number of nitro groups is 1. The highest BCUT2D eigenvalue weighted by atomic mass is 16.6. The van der Waals surface area contributed by atoms with Crippen LogP contribution in [0.25, 0.3) is 11.0 Å². The second-order valence-electron chi connectivity index (χ2n) is 5.34. The van der Waals surface area contributed by atoms with E-state index in [4.69, 9.17) is 0 Å². The molecule has 0 fully saturated rings. The van der Waals surface area contributed by atoms with Crippen molar-refractivity contribution in [2.75, 3.05) is 11.9 Å². The maximum atomic E-state index is 11.0. The molecule has 1 aromatic carbocycles. The number of nitrogens with zero attached hydrogens (tertiary/aromatic N) is 6. The van der Waals surface area contributed by atoms with Gasteiger partial charge in [0, 0.05) is 26.2 Å². The van der Waals surface area contributed by atoms with Gasteiger partial charge < -0.3 is 4.90 Å². The Bertz CT molecular complexity index is 875. The van der Waals surface area contributed by atoms with Crippen LogP contribution >= 0.6 is 0 Å². The monoisotopic (exact) mass is 312 g/mol. The van der Waals surface area contributed by atoms with Crippen LogP contribution in [-0.2, 0) is 7.05 Å². The smallest absolute Gasteiger partial charge is 0.269 e. The molecule has 0 N–H and O–H groups in total. The van der Waals surface area contributed by atoms with Gasteiger partial charge in [0.15, 0.2) is 5.65 Å². The Balaban J connectivity index is 2.00. The number of anilines is 1. The standard InChI is InChI=1S/C15H16N6O2/c1-10(11-5-4-6-12(7-11)21(22)23)19(2)14-13-8-18-20(3)15(13)17-9-16-14/h4-10H,1-3H3. The highest BCUT2D eigenvalue weighted by Gasteiger charge is 2.19. The van der Waals surface area contributed by atoms with Crippen molar-refractivity contribution in [2.45, 2.75) is 13.0 Å². The molecule has 2 aromatic heterocycles.